The van der Waals surface area contributed by atoms with Crippen LogP contribution in [0.3, 0.4) is 0 Å². The van der Waals surface area contributed by atoms with Crippen molar-refractivity contribution in [3.63, 3.8) is 0 Å². The van der Waals surface area contributed by atoms with Crippen LogP contribution in [0.1, 0.15) is 27.0 Å². The van der Waals surface area contributed by atoms with Crippen molar-refractivity contribution in [1.82, 2.24) is 9.80 Å². The normalized spacial score (nSPS) is 15.8. The number of carbonyl (C=O) groups excluding carboxylic acids is 2. The number of aliphatic hydroxyl groups excluding tert-OH is 1. The van der Waals surface area contributed by atoms with Gasteiger partial charge in [0.05, 0.1) is 0 Å². The summed E-state index contributed by atoms with van der Waals surface area (Å²) in [4.78, 5) is 28.6. The summed E-state index contributed by atoms with van der Waals surface area (Å²) in [5.41, 5.74) is 3.54. The molecule has 2 aromatic rings. The molecule has 0 spiro atoms. The number of benzene rings is 2. The first kappa shape index (κ1) is 21.8. The molecule has 2 aromatic carbocycles. The minimum atomic E-state index is -0.502. The molecule has 0 amide bonds. The van der Waals surface area contributed by atoms with Crippen LogP contribution in [0, 0.1) is 0 Å². The average Bonchev–Trinajstić information content (AvgIpc) is 2.78. The van der Waals surface area contributed by atoms with Gasteiger partial charge >= 0.3 is 0 Å². The Morgan fingerprint density at radius 2 is 1.60 bits per heavy atom. The molecule has 0 bridgehead atoms. The zero-order valence-corrected chi connectivity index (χ0v) is 17.3. The Balaban J connectivity index is 1.64. The van der Waals surface area contributed by atoms with E-state index >= 15 is 0 Å². The minimum absolute atomic E-state index is 0.0355. The summed E-state index contributed by atoms with van der Waals surface area (Å²) < 4.78 is 0. The van der Waals surface area contributed by atoms with Gasteiger partial charge in [0.2, 0.25) is 0 Å². The summed E-state index contributed by atoms with van der Waals surface area (Å²) in [7, 11) is 2.14. The van der Waals surface area contributed by atoms with E-state index in [4.69, 9.17) is 5.11 Å². The van der Waals surface area contributed by atoms with E-state index in [1.54, 1.807) is 18.2 Å². The van der Waals surface area contributed by atoms with Crippen LogP contribution in [-0.4, -0.2) is 66.3 Å². The molecule has 156 valence electrons. The van der Waals surface area contributed by atoms with Gasteiger partial charge in [0, 0.05) is 38.3 Å². The predicted octanol–water partition coefficient (Wildman–Crippen LogP) is 2.90. The molecule has 1 saturated heterocycles. The summed E-state index contributed by atoms with van der Waals surface area (Å²) in [5, 5.41) is 8.79. The quantitative estimate of drug-likeness (QED) is 0.542. The van der Waals surface area contributed by atoms with Crippen LogP contribution in [-0.2, 0) is 11.3 Å². The molecular weight excluding hydrogens is 376 g/mol. The van der Waals surface area contributed by atoms with Crippen LogP contribution in [0.25, 0.3) is 12.2 Å². The van der Waals surface area contributed by atoms with Crippen LogP contribution in [0.2, 0.25) is 0 Å². The molecule has 3 rings (SSSR count). The zero-order valence-electron chi connectivity index (χ0n) is 17.3. The lowest BCUT2D eigenvalue weighted by molar-refractivity contribution is -0.117. The number of nitrogens with zero attached hydrogens (tertiary/aromatic N) is 2. The van der Waals surface area contributed by atoms with Crippen molar-refractivity contribution in [1.29, 1.82) is 0 Å². The fourth-order valence-corrected chi connectivity index (χ4v) is 3.36. The third kappa shape index (κ3) is 6.59. The van der Waals surface area contributed by atoms with Crippen molar-refractivity contribution in [3.8, 4) is 0 Å². The first-order valence-corrected chi connectivity index (χ1v) is 10.2. The summed E-state index contributed by atoms with van der Waals surface area (Å²) in [5.74, 6) is -0.380. The first-order chi connectivity index (χ1) is 14.5. The fourth-order valence-electron chi connectivity index (χ4n) is 3.36. The lowest BCUT2D eigenvalue weighted by Crippen LogP contribution is -2.43. The van der Waals surface area contributed by atoms with Crippen molar-refractivity contribution in [2.75, 3.05) is 39.8 Å². The van der Waals surface area contributed by atoms with E-state index in [2.05, 4.69) is 22.9 Å². The van der Waals surface area contributed by atoms with Gasteiger partial charge in [-0.15, -0.1) is 0 Å². The zero-order chi connectivity index (χ0) is 21.3. The predicted molar refractivity (Wildman–Crippen MR) is 120 cm³/mol. The molecular formula is C25H28N2O3. The third-order valence-electron chi connectivity index (χ3n) is 5.17. The Morgan fingerprint density at radius 1 is 0.933 bits per heavy atom. The maximum Gasteiger partial charge on any atom is 0.185 e. The Bertz CT molecular complexity index is 941. The molecule has 0 aliphatic carbocycles. The van der Waals surface area contributed by atoms with Gasteiger partial charge in [-0.05, 0) is 48.0 Å². The average molecular weight is 405 g/mol. The van der Waals surface area contributed by atoms with Gasteiger partial charge in [0.15, 0.2) is 11.6 Å². The maximum atomic E-state index is 12.7. The molecule has 1 aliphatic heterocycles. The molecule has 0 aromatic heterocycles. The molecule has 30 heavy (non-hydrogen) atoms. The Morgan fingerprint density at radius 3 is 2.30 bits per heavy atom. The van der Waals surface area contributed by atoms with Crippen molar-refractivity contribution in [2.24, 2.45) is 0 Å². The van der Waals surface area contributed by atoms with Crippen molar-refractivity contribution in [3.05, 3.63) is 82.9 Å². The lowest BCUT2D eigenvalue weighted by Gasteiger charge is -2.32. The van der Waals surface area contributed by atoms with Gasteiger partial charge in [0.1, 0.15) is 6.61 Å². The highest BCUT2D eigenvalue weighted by Gasteiger charge is 2.14. The van der Waals surface area contributed by atoms with Crippen molar-refractivity contribution < 1.29 is 14.7 Å². The number of likely N-dealkylation sites (N-methyl/N-ethyl adjacent to an activating group) is 1. The molecule has 1 aliphatic rings. The Labute approximate surface area is 177 Å². The van der Waals surface area contributed by atoms with Crippen molar-refractivity contribution >= 4 is 23.7 Å². The largest absolute Gasteiger partial charge is 0.388 e. The van der Waals surface area contributed by atoms with E-state index in [0.717, 1.165) is 49.4 Å². The Hall–Kier alpha value is -2.86. The molecule has 0 atom stereocenters. The minimum Gasteiger partial charge on any atom is -0.388 e. The SMILES string of the molecule is CN1CCN(Cc2cccc(C(=O)/C=C/c3cccc(/C=C/C(=O)CO)c3)c2)CC1. The molecule has 1 heterocycles. The van der Waals surface area contributed by atoms with Gasteiger partial charge in [-0.1, -0.05) is 48.6 Å². The van der Waals surface area contributed by atoms with Crippen LogP contribution in [0.5, 0.6) is 0 Å². The van der Waals surface area contributed by atoms with Gasteiger partial charge in [-0.3, -0.25) is 14.5 Å². The molecule has 1 fully saturated rings. The van der Waals surface area contributed by atoms with E-state index < -0.39 is 6.61 Å². The van der Waals surface area contributed by atoms with Crippen LogP contribution >= 0.6 is 0 Å². The highest BCUT2D eigenvalue weighted by Crippen LogP contribution is 2.13. The highest BCUT2D eigenvalue weighted by atomic mass is 16.3. The number of hydrogen-bond acceptors (Lipinski definition) is 5. The maximum absolute atomic E-state index is 12.7. The summed E-state index contributed by atoms with van der Waals surface area (Å²) in [6, 6.07) is 15.3. The van der Waals surface area contributed by atoms with E-state index in [9.17, 15) is 9.59 Å². The molecule has 0 radical (unpaired) electrons. The van der Waals surface area contributed by atoms with Gasteiger partial charge in [0.25, 0.3) is 0 Å². The summed E-state index contributed by atoms with van der Waals surface area (Å²) >= 11 is 0. The summed E-state index contributed by atoms with van der Waals surface area (Å²) in [6.07, 6.45) is 6.36. The van der Waals surface area contributed by atoms with Gasteiger partial charge in [-0.2, -0.15) is 0 Å². The summed E-state index contributed by atoms with van der Waals surface area (Å²) in [6.45, 7) is 4.60. The van der Waals surface area contributed by atoms with E-state index in [-0.39, 0.29) is 11.6 Å². The number of piperazine rings is 1. The number of ketones is 2. The Kier molecular flexibility index (Phi) is 7.85. The lowest BCUT2D eigenvalue weighted by atomic mass is 10.0. The second kappa shape index (κ2) is 10.8. The van der Waals surface area contributed by atoms with Crippen LogP contribution in [0.4, 0.5) is 0 Å². The van der Waals surface area contributed by atoms with Crippen LogP contribution < -0.4 is 0 Å². The van der Waals surface area contributed by atoms with E-state index in [1.165, 1.54) is 6.08 Å². The van der Waals surface area contributed by atoms with E-state index in [0.29, 0.717) is 5.56 Å². The highest BCUT2D eigenvalue weighted by molar-refractivity contribution is 6.07. The number of carbonyl (C=O) groups is 2. The number of rotatable bonds is 8. The van der Waals surface area contributed by atoms with E-state index in [1.807, 2.05) is 42.5 Å². The topological polar surface area (TPSA) is 60.9 Å². The number of hydrogen-bond donors (Lipinski definition) is 1. The first-order valence-electron chi connectivity index (χ1n) is 10.2. The second-order valence-corrected chi connectivity index (χ2v) is 7.61. The smallest absolute Gasteiger partial charge is 0.185 e. The second-order valence-electron chi connectivity index (χ2n) is 7.61. The van der Waals surface area contributed by atoms with Gasteiger partial charge < -0.3 is 10.0 Å². The number of aliphatic hydroxyl groups is 1. The molecule has 0 saturated carbocycles. The standard InChI is InChI=1S/C25H28N2O3/c1-26-12-14-27(15-13-26)18-22-6-3-7-23(17-22)25(30)11-9-21-5-2-4-20(16-21)8-10-24(29)19-28/h2-11,16-17,28H,12-15,18-19H2,1H3/b10-8+,11-9+. The fraction of sp³-hybridized carbons (Fsp3) is 0.280. The van der Waals surface area contributed by atoms with Gasteiger partial charge in [-0.25, -0.2) is 0 Å². The molecule has 1 N–H and O–H groups in total. The monoisotopic (exact) mass is 404 g/mol. The molecule has 5 nitrogen and oxygen atoms in total. The molecule has 0 unspecified atom stereocenters. The van der Waals surface area contributed by atoms with Crippen LogP contribution in [0.15, 0.2) is 60.7 Å². The number of allylic oxidation sites excluding steroid dienone is 1. The third-order valence-corrected chi connectivity index (χ3v) is 5.17. The molecule has 5 heteroatoms. The van der Waals surface area contributed by atoms with Crippen molar-refractivity contribution in [2.45, 2.75) is 6.54 Å².